The molecule has 1 fully saturated rings. The van der Waals surface area contributed by atoms with Crippen molar-refractivity contribution < 1.29 is 24.2 Å². The van der Waals surface area contributed by atoms with Crippen LogP contribution in [0.15, 0.2) is 78.9 Å². The first-order valence-corrected chi connectivity index (χ1v) is 11.7. The van der Waals surface area contributed by atoms with E-state index in [4.69, 9.17) is 9.84 Å². The highest BCUT2D eigenvalue weighted by molar-refractivity contribution is 5.82. The van der Waals surface area contributed by atoms with Gasteiger partial charge in [-0.3, -0.25) is 9.59 Å². The zero-order valence-electron chi connectivity index (χ0n) is 19.1. The third-order valence-corrected chi connectivity index (χ3v) is 6.80. The van der Waals surface area contributed by atoms with Gasteiger partial charge in [0.05, 0.1) is 18.4 Å². The Morgan fingerprint density at radius 2 is 1.46 bits per heavy atom. The van der Waals surface area contributed by atoms with E-state index in [1.54, 1.807) is 0 Å². The molecule has 2 N–H and O–H groups in total. The topological polar surface area (TPSA) is 95.9 Å². The van der Waals surface area contributed by atoms with Gasteiger partial charge >= 0.3 is 12.1 Å². The molecule has 35 heavy (non-hydrogen) atoms. The molecule has 1 atom stereocenters. The Bertz CT molecular complexity index is 1210. The lowest BCUT2D eigenvalue weighted by Gasteiger charge is -2.37. The van der Waals surface area contributed by atoms with Crippen molar-refractivity contribution in [3.05, 3.63) is 95.6 Å². The third kappa shape index (κ3) is 4.62. The largest absolute Gasteiger partial charge is 0.481 e. The number of fused-ring (bicyclic) bond motifs is 3. The predicted molar refractivity (Wildman–Crippen MR) is 130 cm³/mol. The summed E-state index contributed by atoms with van der Waals surface area (Å²) in [6, 6.07) is 24.9. The van der Waals surface area contributed by atoms with Crippen LogP contribution in [0.5, 0.6) is 0 Å². The number of carbonyl (C=O) groups excluding carboxylic acids is 2. The molecule has 0 bridgehead atoms. The van der Waals surface area contributed by atoms with Crippen molar-refractivity contribution in [1.29, 1.82) is 0 Å². The summed E-state index contributed by atoms with van der Waals surface area (Å²) in [4.78, 5) is 38.2. The molecule has 1 heterocycles. The molecule has 3 aromatic rings. The molecule has 7 nitrogen and oxygen atoms in total. The number of alkyl carbamates (subject to hydrolysis) is 1. The number of benzene rings is 3. The highest BCUT2D eigenvalue weighted by atomic mass is 16.5. The minimum Gasteiger partial charge on any atom is -0.481 e. The maximum atomic E-state index is 12.8. The van der Waals surface area contributed by atoms with E-state index in [2.05, 4.69) is 29.6 Å². The summed E-state index contributed by atoms with van der Waals surface area (Å²) in [6.07, 6.45) is -0.568. The maximum absolute atomic E-state index is 12.8. The van der Waals surface area contributed by atoms with Gasteiger partial charge in [0.15, 0.2) is 0 Å². The SMILES string of the molecule is O=C(NC(CC(=O)N1CC(C(=O)O)C1)c1ccccc1)OCC1c2ccccc2-c2ccccc21. The van der Waals surface area contributed by atoms with Crippen LogP contribution in [0.25, 0.3) is 11.1 Å². The fourth-order valence-electron chi connectivity index (χ4n) is 4.86. The first-order valence-electron chi connectivity index (χ1n) is 11.7. The number of rotatable bonds is 7. The number of aliphatic carboxylic acids is 1. The van der Waals surface area contributed by atoms with Crippen LogP contribution in [-0.4, -0.2) is 47.7 Å². The molecule has 178 valence electrons. The molecule has 5 rings (SSSR count). The van der Waals surface area contributed by atoms with Crippen LogP contribution >= 0.6 is 0 Å². The van der Waals surface area contributed by atoms with Crippen LogP contribution < -0.4 is 5.32 Å². The highest BCUT2D eigenvalue weighted by Crippen LogP contribution is 2.44. The average molecular weight is 471 g/mol. The van der Waals surface area contributed by atoms with Crippen LogP contribution in [0.2, 0.25) is 0 Å². The van der Waals surface area contributed by atoms with Gasteiger partial charge in [-0.2, -0.15) is 0 Å². The normalized spacial score (nSPS) is 15.5. The van der Waals surface area contributed by atoms with Gasteiger partial charge in [0, 0.05) is 19.0 Å². The van der Waals surface area contributed by atoms with Crippen molar-refractivity contribution in [3.8, 4) is 11.1 Å². The van der Waals surface area contributed by atoms with E-state index < -0.39 is 24.0 Å². The second-order valence-electron chi connectivity index (χ2n) is 8.97. The van der Waals surface area contributed by atoms with E-state index in [0.29, 0.717) is 0 Å². The Balaban J connectivity index is 1.25. The fraction of sp³-hybridized carbons (Fsp3) is 0.250. The van der Waals surface area contributed by atoms with Gasteiger partial charge in [-0.15, -0.1) is 0 Å². The van der Waals surface area contributed by atoms with E-state index in [1.807, 2.05) is 54.6 Å². The van der Waals surface area contributed by atoms with Crippen molar-refractivity contribution in [3.63, 3.8) is 0 Å². The average Bonchev–Trinajstić information content (AvgIpc) is 3.15. The van der Waals surface area contributed by atoms with Gasteiger partial charge in [0.2, 0.25) is 5.91 Å². The van der Waals surface area contributed by atoms with E-state index in [9.17, 15) is 14.4 Å². The summed E-state index contributed by atoms with van der Waals surface area (Å²) in [7, 11) is 0. The Hall–Kier alpha value is -4.13. The van der Waals surface area contributed by atoms with Crippen molar-refractivity contribution in [2.45, 2.75) is 18.4 Å². The standard InChI is InChI=1S/C28H26N2O5/c31-26(30-15-19(16-30)27(32)33)14-25(18-8-2-1-3-9-18)29-28(34)35-17-24-22-12-6-4-10-20(22)21-11-5-7-13-23(21)24/h1-13,19,24-25H,14-17H2,(H,29,34)(H,32,33). The number of carboxylic acids is 1. The molecule has 2 aliphatic rings. The minimum absolute atomic E-state index is 0.0283. The van der Waals surface area contributed by atoms with Gasteiger partial charge in [-0.1, -0.05) is 78.9 Å². The Kier molecular flexibility index (Phi) is 6.23. The van der Waals surface area contributed by atoms with E-state index in [1.165, 1.54) is 4.90 Å². The van der Waals surface area contributed by atoms with Gasteiger partial charge in [0.25, 0.3) is 0 Å². The Morgan fingerprint density at radius 1 is 0.886 bits per heavy atom. The number of carbonyl (C=O) groups is 3. The van der Waals surface area contributed by atoms with E-state index in [0.717, 1.165) is 27.8 Å². The first-order chi connectivity index (χ1) is 17.0. The molecule has 0 spiro atoms. The number of amides is 2. The van der Waals surface area contributed by atoms with Gasteiger partial charge in [-0.05, 0) is 27.8 Å². The Morgan fingerprint density at radius 3 is 2.06 bits per heavy atom. The summed E-state index contributed by atoms with van der Waals surface area (Å²) in [6.45, 7) is 0.572. The Labute approximate surface area is 203 Å². The number of nitrogens with one attached hydrogen (secondary N) is 1. The van der Waals surface area contributed by atoms with E-state index in [-0.39, 0.29) is 37.9 Å². The minimum atomic E-state index is -0.898. The number of nitrogens with zero attached hydrogens (tertiary/aromatic N) is 1. The van der Waals surface area contributed by atoms with Crippen LogP contribution in [0, 0.1) is 5.92 Å². The maximum Gasteiger partial charge on any atom is 0.407 e. The molecule has 3 aromatic carbocycles. The molecule has 1 aliphatic carbocycles. The number of hydrogen-bond donors (Lipinski definition) is 2. The van der Waals surface area contributed by atoms with E-state index >= 15 is 0 Å². The molecular formula is C28H26N2O5. The third-order valence-electron chi connectivity index (χ3n) is 6.80. The fourth-order valence-corrected chi connectivity index (χ4v) is 4.86. The smallest absolute Gasteiger partial charge is 0.407 e. The molecule has 1 unspecified atom stereocenters. The predicted octanol–water partition coefficient (Wildman–Crippen LogP) is 4.20. The molecule has 0 saturated carbocycles. The second kappa shape index (κ2) is 9.62. The van der Waals surface area contributed by atoms with Crippen molar-refractivity contribution in [2.24, 2.45) is 5.92 Å². The monoisotopic (exact) mass is 470 g/mol. The lowest BCUT2D eigenvalue weighted by molar-refractivity contribution is -0.152. The van der Waals surface area contributed by atoms with Crippen molar-refractivity contribution in [2.75, 3.05) is 19.7 Å². The van der Waals surface area contributed by atoms with Crippen LogP contribution in [-0.2, 0) is 14.3 Å². The number of carboxylic acid groups (broad SMARTS) is 1. The van der Waals surface area contributed by atoms with Crippen LogP contribution in [0.1, 0.15) is 35.1 Å². The van der Waals surface area contributed by atoms with Crippen LogP contribution in [0.3, 0.4) is 0 Å². The number of hydrogen-bond acceptors (Lipinski definition) is 4. The number of ether oxygens (including phenoxy) is 1. The lowest BCUT2D eigenvalue weighted by Crippen LogP contribution is -2.53. The summed E-state index contributed by atoms with van der Waals surface area (Å²) in [5.74, 6) is -1.68. The molecule has 0 radical (unpaired) electrons. The zero-order valence-corrected chi connectivity index (χ0v) is 19.1. The van der Waals surface area contributed by atoms with Gasteiger partial charge in [-0.25, -0.2) is 4.79 Å². The summed E-state index contributed by atoms with van der Waals surface area (Å²) in [5, 5.41) is 11.9. The molecule has 7 heteroatoms. The molecule has 1 aliphatic heterocycles. The second-order valence-corrected chi connectivity index (χ2v) is 8.97. The summed E-state index contributed by atoms with van der Waals surface area (Å²) in [5.41, 5.74) is 5.34. The first kappa shape index (κ1) is 22.7. The van der Waals surface area contributed by atoms with Crippen LogP contribution in [0.4, 0.5) is 4.79 Å². The van der Waals surface area contributed by atoms with Gasteiger partial charge < -0.3 is 20.1 Å². The molecule has 1 saturated heterocycles. The van der Waals surface area contributed by atoms with Crippen molar-refractivity contribution in [1.82, 2.24) is 10.2 Å². The zero-order chi connectivity index (χ0) is 24.4. The molecule has 0 aromatic heterocycles. The molecule has 2 amide bonds. The summed E-state index contributed by atoms with van der Waals surface area (Å²) < 4.78 is 5.67. The summed E-state index contributed by atoms with van der Waals surface area (Å²) >= 11 is 0. The van der Waals surface area contributed by atoms with Gasteiger partial charge in [0.1, 0.15) is 6.61 Å². The molecular weight excluding hydrogens is 444 g/mol. The highest BCUT2D eigenvalue weighted by Gasteiger charge is 2.36. The van der Waals surface area contributed by atoms with Crippen molar-refractivity contribution >= 4 is 18.0 Å². The quantitative estimate of drug-likeness (QED) is 0.540. The lowest BCUT2D eigenvalue weighted by atomic mass is 9.97. The number of likely N-dealkylation sites (tertiary alicyclic amines) is 1.